The number of hydrogen-bond acceptors (Lipinski definition) is 2. The monoisotopic (exact) mass is 188 g/mol. The third-order valence-electron chi connectivity index (χ3n) is 1.88. The largest absolute Gasteiger partial charge is 0.481 e. The molecule has 3 nitrogen and oxygen atoms in total. The summed E-state index contributed by atoms with van der Waals surface area (Å²) in [5.41, 5.74) is 0. The summed E-state index contributed by atoms with van der Waals surface area (Å²) in [6, 6.07) is 0. The molecule has 0 amide bonds. The topological polar surface area (TPSA) is 46.5 Å². The Labute approximate surface area is 80.1 Å². The van der Waals surface area contributed by atoms with Gasteiger partial charge in [-0.3, -0.25) is 4.79 Å². The fraction of sp³-hybridized carbons (Fsp3) is 0.900. The molecule has 78 valence electrons. The minimum absolute atomic E-state index is 0.255. The predicted octanol–water partition coefficient (Wildman–Crippen LogP) is 2.45. The summed E-state index contributed by atoms with van der Waals surface area (Å²) < 4.78 is 5.47. The first-order chi connectivity index (χ1) is 6.16. The molecular formula is C10H20O3. The van der Waals surface area contributed by atoms with Gasteiger partial charge in [0, 0.05) is 13.0 Å². The van der Waals surface area contributed by atoms with Gasteiger partial charge in [0.05, 0.1) is 6.10 Å². The van der Waals surface area contributed by atoms with Gasteiger partial charge in [-0.1, -0.05) is 13.3 Å². The molecule has 13 heavy (non-hydrogen) atoms. The highest BCUT2D eigenvalue weighted by Gasteiger charge is 2.00. The second-order valence-electron chi connectivity index (χ2n) is 3.32. The van der Waals surface area contributed by atoms with E-state index >= 15 is 0 Å². The molecule has 0 saturated heterocycles. The van der Waals surface area contributed by atoms with E-state index in [1.807, 2.05) is 0 Å². The predicted molar refractivity (Wildman–Crippen MR) is 51.8 cm³/mol. The van der Waals surface area contributed by atoms with E-state index in [2.05, 4.69) is 13.8 Å². The lowest BCUT2D eigenvalue weighted by molar-refractivity contribution is -0.137. The van der Waals surface area contributed by atoms with Crippen molar-refractivity contribution >= 4 is 5.97 Å². The van der Waals surface area contributed by atoms with Crippen LogP contribution in [-0.2, 0) is 9.53 Å². The zero-order valence-electron chi connectivity index (χ0n) is 8.58. The van der Waals surface area contributed by atoms with Gasteiger partial charge in [0.15, 0.2) is 0 Å². The molecule has 0 aliphatic heterocycles. The zero-order valence-corrected chi connectivity index (χ0v) is 8.58. The van der Waals surface area contributed by atoms with Crippen molar-refractivity contribution in [1.82, 2.24) is 0 Å². The van der Waals surface area contributed by atoms with Gasteiger partial charge >= 0.3 is 5.97 Å². The molecule has 1 unspecified atom stereocenters. The quantitative estimate of drug-likeness (QED) is 0.595. The number of carboxylic acid groups (broad SMARTS) is 1. The summed E-state index contributed by atoms with van der Waals surface area (Å²) in [4.78, 5) is 10.2. The number of unbranched alkanes of at least 4 members (excludes halogenated alkanes) is 1. The second kappa shape index (κ2) is 8.05. The molecule has 0 bridgehead atoms. The van der Waals surface area contributed by atoms with Gasteiger partial charge in [-0.2, -0.15) is 0 Å². The van der Waals surface area contributed by atoms with Crippen LogP contribution in [-0.4, -0.2) is 23.8 Å². The molecule has 1 N–H and O–H groups in total. The molecule has 0 aromatic heterocycles. The summed E-state index contributed by atoms with van der Waals surface area (Å²) >= 11 is 0. The van der Waals surface area contributed by atoms with Crippen molar-refractivity contribution in [2.45, 2.75) is 52.1 Å². The SMILES string of the molecule is CCCC(C)OCCCCC(=O)O. The highest BCUT2D eigenvalue weighted by molar-refractivity contribution is 5.66. The molecule has 0 aromatic carbocycles. The Morgan fingerprint density at radius 3 is 2.69 bits per heavy atom. The second-order valence-corrected chi connectivity index (χ2v) is 3.32. The van der Waals surface area contributed by atoms with Crippen LogP contribution >= 0.6 is 0 Å². The molecule has 0 spiro atoms. The van der Waals surface area contributed by atoms with E-state index < -0.39 is 5.97 Å². The molecule has 3 heteroatoms. The fourth-order valence-corrected chi connectivity index (χ4v) is 1.15. The van der Waals surface area contributed by atoms with E-state index in [1.54, 1.807) is 0 Å². The van der Waals surface area contributed by atoms with Gasteiger partial charge in [-0.25, -0.2) is 0 Å². The highest BCUT2D eigenvalue weighted by Crippen LogP contribution is 2.03. The lowest BCUT2D eigenvalue weighted by Crippen LogP contribution is -2.08. The van der Waals surface area contributed by atoms with Crippen LogP contribution in [0.4, 0.5) is 0 Å². The van der Waals surface area contributed by atoms with Crippen molar-refractivity contribution in [3.05, 3.63) is 0 Å². The Bertz CT molecular complexity index is 134. The standard InChI is InChI=1S/C10H20O3/c1-3-6-9(2)13-8-5-4-7-10(11)12/h9H,3-8H2,1-2H3,(H,11,12). The first-order valence-corrected chi connectivity index (χ1v) is 5.00. The Hall–Kier alpha value is -0.570. The van der Waals surface area contributed by atoms with Crippen LogP contribution in [0.2, 0.25) is 0 Å². The van der Waals surface area contributed by atoms with Crippen molar-refractivity contribution in [3.63, 3.8) is 0 Å². The highest BCUT2D eigenvalue weighted by atomic mass is 16.5. The molecule has 0 fully saturated rings. The minimum atomic E-state index is -0.721. The number of ether oxygens (including phenoxy) is 1. The normalized spacial score (nSPS) is 12.8. The third-order valence-corrected chi connectivity index (χ3v) is 1.88. The smallest absolute Gasteiger partial charge is 0.303 e. The molecule has 1 atom stereocenters. The van der Waals surface area contributed by atoms with Crippen molar-refractivity contribution in [2.24, 2.45) is 0 Å². The van der Waals surface area contributed by atoms with E-state index in [9.17, 15) is 4.79 Å². The van der Waals surface area contributed by atoms with E-state index in [0.29, 0.717) is 19.1 Å². The Balaban J connectivity index is 3.11. The van der Waals surface area contributed by atoms with Crippen LogP contribution in [0, 0.1) is 0 Å². The Morgan fingerprint density at radius 1 is 1.46 bits per heavy atom. The number of carbonyl (C=O) groups is 1. The van der Waals surface area contributed by atoms with Crippen LogP contribution in [0.3, 0.4) is 0 Å². The molecule has 0 aliphatic carbocycles. The summed E-state index contributed by atoms with van der Waals surface area (Å²) in [7, 11) is 0. The van der Waals surface area contributed by atoms with Gasteiger partial charge in [-0.05, 0) is 26.2 Å². The number of hydrogen-bond donors (Lipinski definition) is 1. The van der Waals surface area contributed by atoms with Crippen LogP contribution in [0.15, 0.2) is 0 Å². The fourth-order valence-electron chi connectivity index (χ4n) is 1.15. The maximum Gasteiger partial charge on any atom is 0.303 e. The minimum Gasteiger partial charge on any atom is -0.481 e. The third kappa shape index (κ3) is 9.34. The lowest BCUT2D eigenvalue weighted by atomic mass is 10.2. The molecule has 0 aliphatic rings. The summed E-state index contributed by atoms with van der Waals surface area (Å²) in [6.07, 6.45) is 4.35. The molecule has 0 heterocycles. The first-order valence-electron chi connectivity index (χ1n) is 5.00. The Kier molecular flexibility index (Phi) is 7.69. The zero-order chi connectivity index (χ0) is 10.1. The average Bonchev–Trinajstić information content (AvgIpc) is 2.03. The molecule has 0 saturated carbocycles. The van der Waals surface area contributed by atoms with Crippen LogP contribution in [0.25, 0.3) is 0 Å². The molecular weight excluding hydrogens is 168 g/mol. The van der Waals surface area contributed by atoms with Gasteiger partial charge in [0.2, 0.25) is 0 Å². The van der Waals surface area contributed by atoms with Gasteiger partial charge in [0.1, 0.15) is 0 Å². The maximum absolute atomic E-state index is 10.2. The van der Waals surface area contributed by atoms with Crippen molar-refractivity contribution in [2.75, 3.05) is 6.61 Å². The molecule has 0 radical (unpaired) electrons. The summed E-state index contributed by atoms with van der Waals surface area (Å²) in [5, 5.41) is 8.37. The number of aliphatic carboxylic acids is 1. The van der Waals surface area contributed by atoms with Crippen LogP contribution in [0.1, 0.15) is 46.0 Å². The molecule has 0 rings (SSSR count). The maximum atomic E-state index is 10.2. The number of rotatable bonds is 8. The van der Waals surface area contributed by atoms with E-state index in [1.165, 1.54) is 0 Å². The summed E-state index contributed by atoms with van der Waals surface area (Å²) in [5.74, 6) is -0.721. The van der Waals surface area contributed by atoms with E-state index in [-0.39, 0.29) is 6.42 Å². The van der Waals surface area contributed by atoms with Crippen LogP contribution < -0.4 is 0 Å². The number of carboxylic acids is 1. The van der Waals surface area contributed by atoms with Crippen molar-refractivity contribution in [3.8, 4) is 0 Å². The Morgan fingerprint density at radius 2 is 2.15 bits per heavy atom. The molecule has 0 aromatic rings. The van der Waals surface area contributed by atoms with Gasteiger partial charge in [0.25, 0.3) is 0 Å². The first kappa shape index (κ1) is 12.4. The average molecular weight is 188 g/mol. The van der Waals surface area contributed by atoms with Crippen molar-refractivity contribution < 1.29 is 14.6 Å². The van der Waals surface area contributed by atoms with Crippen molar-refractivity contribution in [1.29, 1.82) is 0 Å². The van der Waals surface area contributed by atoms with Crippen LogP contribution in [0.5, 0.6) is 0 Å². The van der Waals surface area contributed by atoms with E-state index in [0.717, 1.165) is 19.3 Å². The summed E-state index contributed by atoms with van der Waals surface area (Å²) in [6.45, 7) is 4.87. The van der Waals surface area contributed by atoms with Gasteiger partial charge < -0.3 is 9.84 Å². The van der Waals surface area contributed by atoms with E-state index in [4.69, 9.17) is 9.84 Å². The van der Waals surface area contributed by atoms with Gasteiger partial charge in [-0.15, -0.1) is 0 Å². The lowest BCUT2D eigenvalue weighted by Gasteiger charge is -2.10.